The van der Waals surface area contributed by atoms with Gasteiger partial charge in [0.1, 0.15) is 0 Å². The molecule has 0 saturated carbocycles. The van der Waals surface area contributed by atoms with Gasteiger partial charge in [-0.05, 0) is 30.5 Å². The van der Waals surface area contributed by atoms with Crippen molar-refractivity contribution in [3.8, 4) is 0 Å². The monoisotopic (exact) mass is 268 g/mol. The molecule has 0 spiro atoms. The Morgan fingerprint density at radius 2 is 1.83 bits per heavy atom. The standard InChI is InChI=1S/C14H20N2O.ClH/c1-2-9-16(8-1)13-5-3-12(4-6-13)14-11-17-10-7-15-14;/h3-6,14-15H,1-2,7-11H2;1H/t14-;/m1./s1. The number of hydrogen-bond acceptors (Lipinski definition) is 3. The van der Waals surface area contributed by atoms with E-state index in [0.29, 0.717) is 6.04 Å². The first-order valence-electron chi connectivity index (χ1n) is 6.59. The molecule has 0 bridgehead atoms. The second-order valence-electron chi connectivity index (χ2n) is 4.87. The van der Waals surface area contributed by atoms with Gasteiger partial charge < -0.3 is 15.0 Å². The number of nitrogens with zero attached hydrogens (tertiary/aromatic N) is 1. The lowest BCUT2D eigenvalue weighted by Crippen LogP contribution is -2.34. The summed E-state index contributed by atoms with van der Waals surface area (Å²) in [5, 5.41) is 3.49. The van der Waals surface area contributed by atoms with E-state index in [-0.39, 0.29) is 12.4 Å². The number of morpholine rings is 1. The molecule has 0 aromatic heterocycles. The first-order chi connectivity index (χ1) is 8.43. The number of nitrogens with one attached hydrogen (secondary N) is 1. The van der Waals surface area contributed by atoms with Gasteiger partial charge in [-0.2, -0.15) is 0 Å². The van der Waals surface area contributed by atoms with Gasteiger partial charge in [-0.1, -0.05) is 12.1 Å². The Morgan fingerprint density at radius 3 is 2.44 bits per heavy atom. The number of hydrogen-bond donors (Lipinski definition) is 1. The minimum atomic E-state index is 0. The molecular formula is C14H21ClN2O. The quantitative estimate of drug-likeness (QED) is 0.891. The molecule has 2 heterocycles. The third-order valence-electron chi connectivity index (χ3n) is 3.69. The summed E-state index contributed by atoms with van der Waals surface area (Å²) in [6, 6.07) is 9.34. The molecule has 0 amide bonds. The van der Waals surface area contributed by atoms with Crippen LogP contribution in [-0.2, 0) is 4.74 Å². The van der Waals surface area contributed by atoms with E-state index in [9.17, 15) is 0 Å². The zero-order valence-electron chi connectivity index (χ0n) is 10.6. The normalized spacial score (nSPS) is 23.8. The van der Waals surface area contributed by atoms with Crippen LogP contribution in [0.3, 0.4) is 0 Å². The minimum absolute atomic E-state index is 0. The Morgan fingerprint density at radius 1 is 1.11 bits per heavy atom. The number of halogens is 1. The van der Waals surface area contributed by atoms with Crippen LogP contribution in [0.4, 0.5) is 5.69 Å². The Balaban J connectivity index is 0.00000120. The second kappa shape index (κ2) is 6.41. The van der Waals surface area contributed by atoms with Crippen LogP contribution >= 0.6 is 12.4 Å². The molecular weight excluding hydrogens is 248 g/mol. The summed E-state index contributed by atoms with van der Waals surface area (Å²) >= 11 is 0. The minimum Gasteiger partial charge on any atom is -0.378 e. The SMILES string of the molecule is Cl.c1cc(N2CCCC2)ccc1[C@H]1COCCN1. The van der Waals surface area contributed by atoms with Gasteiger partial charge in [0, 0.05) is 25.3 Å². The highest BCUT2D eigenvalue weighted by molar-refractivity contribution is 5.85. The lowest BCUT2D eigenvalue weighted by atomic mass is 10.1. The van der Waals surface area contributed by atoms with Crippen molar-refractivity contribution in [3.05, 3.63) is 29.8 Å². The Bertz CT molecular complexity index is 357. The Hall–Kier alpha value is -0.770. The largest absolute Gasteiger partial charge is 0.378 e. The first-order valence-corrected chi connectivity index (χ1v) is 6.59. The summed E-state index contributed by atoms with van der Waals surface area (Å²) in [6.45, 7) is 5.01. The van der Waals surface area contributed by atoms with E-state index in [0.717, 1.165) is 19.8 Å². The van der Waals surface area contributed by atoms with Crippen molar-refractivity contribution in [3.63, 3.8) is 0 Å². The van der Waals surface area contributed by atoms with Crippen molar-refractivity contribution in [2.24, 2.45) is 0 Å². The number of anilines is 1. The van der Waals surface area contributed by atoms with Gasteiger partial charge in [-0.3, -0.25) is 0 Å². The van der Waals surface area contributed by atoms with E-state index in [1.807, 2.05) is 0 Å². The summed E-state index contributed by atoms with van der Waals surface area (Å²) in [6.07, 6.45) is 2.67. The van der Waals surface area contributed by atoms with E-state index in [2.05, 4.69) is 34.5 Å². The van der Waals surface area contributed by atoms with Crippen LogP contribution in [0.5, 0.6) is 0 Å². The van der Waals surface area contributed by atoms with Crippen LogP contribution in [0.2, 0.25) is 0 Å². The van der Waals surface area contributed by atoms with E-state index in [1.54, 1.807) is 0 Å². The van der Waals surface area contributed by atoms with Crippen molar-refractivity contribution < 1.29 is 4.74 Å². The zero-order chi connectivity index (χ0) is 11.5. The summed E-state index contributed by atoms with van der Waals surface area (Å²) in [7, 11) is 0. The maximum Gasteiger partial charge on any atom is 0.0662 e. The lowest BCUT2D eigenvalue weighted by molar-refractivity contribution is 0.0769. The predicted molar refractivity (Wildman–Crippen MR) is 76.7 cm³/mol. The van der Waals surface area contributed by atoms with Gasteiger partial charge in [-0.25, -0.2) is 0 Å². The first kappa shape index (κ1) is 13.7. The third kappa shape index (κ3) is 2.97. The fourth-order valence-electron chi connectivity index (χ4n) is 2.67. The molecule has 1 N–H and O–H groups in total. The highest BCUT2D eigenvalue weighted by atomic mass is 35.5. The Labute approximate surface area is 115 Å². The summed E-state index contributed by atoms with van der Waals surface area (Å²) in [4.78, 5) is 2.47. The molecule has 1 aromatic rings. The number of rotatable bonds is 2. The van der Waals surface area contributed by atoms with E-state index in [4.69, 9.17) is 4.74 Å². The van der Waals surface area contributed by atoms with Gasteiger partial charge >= 0.3 is 0 Å². The molecule has 18 heavy (non-hydrogen) atoms. The van der Waals surface area contributed by atoms with E-state index < -0.39 is 0 Å². The van der Waals surface area contributed by atoms with Crippen LogP contribution in [0.25, 0.3) is 0 Å². The molecule has 3 nitrogen and oxygen atoms in total. The van der Waals surface area contributed by atoms with Crippen molar-refractivity contribution in [2.45, 2.75) is 18.9 Å². The summed E-state index contributed by atoms with van der Waals surface area (Å²) in [5.74, 6) is 0. The number of benzene rings is 1. The molecule has 2 aliphatic rings. The molecule has 1 aromatic carbocycles. The highest BCUT2D eigenvalue weighted by Gasteiger charge is 2.16. The molecule has 0 radical (unpaired) electrons. The average molecular weight is 269 g/mol. The van der Waals surface area contributed by atoms with Gasteiger partial charge in [-0.15, -0.1) is 12.4 Å². The van der Waals surface area contributed by atoms with Crippen molar-refractivity contribution in [1.29, 1.82) is 0 Å². The van der Waals surface area contributed by atoms with Crippen LogP contribution in [0.15, 0.2) is 24.3 Å². The van der Waals surface area contributed by atoms with E-state index in [1.165, 1.54) is 37.2 Å². The van der Waals surface area contributed by atoms with Crippen molar-refractivity contribution in [2.75, 3.05) is 37.7 Å². The third-order valence-corrected chi connectivity index (χ3v) is 3.69. The van der Waals surface area contributed by atoms with Gasteiger partial charge in [0.25, 0.3) is 0 Å². The highest BCUT2D eigenvalue weighted by Crippen LogP contribution is 2.23. The lowest BCUT2D eigenvalue weighted by Gasteiger charge is -2.25. The molecule has 3 rings (SSSR count). The average Bonchev–Trinajstić information content (AvgIpc) is 2.94. The summed E-state index contributed by atoms with van der Waals surface area (Å²) in [5.41, 5.74) is 2.70. The van der Waals surface area contributed by atoms with Crippen LogP contribution in [0.1, 0.15) is 24.4 Å². The topological polar surface area (TPSA) is 24.5 Å². The molecule has 0 unspecified atom stereocenters. The predicted octanol–water partition coefficient (Wildman–Crippen LogP) is 2.37. The molecule has 0 aliphatic carbocycles. The smallest absolute Gasteiger partial charge is 0.0662 e. The van der Waals surface area contributed by atoms with Crippen LogP contribution < -0.4 is 10.2 Å². The fourth-order valence-corrected chi connectivity index (χ4v) is 2.67. The van der Waals surface area contributed by atoms with Gasteiger partial charge in [0.2, 0.25) is 0 Å². The van der Waals surface area contributed by atoms with Gasteiger partial charge in [0.15, 0.2) is 0 Å². The Kier molecular flexibility index (Phi) is 4.87. The summed E-state index contributed by atoms with van der Waals surface area (Å²) < 4.78 is 5.49. The molecule has 1 atom stereocenters. The molecule has 100 valence electrons. The van der Waals surface area contributed by atoms with Crippen molar-refractivity contribution >= 4 is 18.1 Å². The number of ether oxygens (including phenoxy) is 1. The van der Waals surface area contributed by atoms with Crippen LogP contribution in [-0.4, -0.2) is 32.8 Å². The van der Waals surface area contributed by atoms with Crippen LogP contribution in [0, 0.1) is 0 Å². The molecule has 2 fully saturated rings. The molecule has 4 heteroatoms. The zero-order valence-corrected chi connectivity index (χ0v) is 11.4. The maximum atomic E-state index is 5.49. The van der Waals surface area contributed by atoms with Crippen molar-refractivity contribution in [1.82, 2.24) is 5.32 Å². The van der Waals surface area contributed by atoms with Gasteiger partial charge in [0.05, 0.1) is 19.3 Å². The molecule has 2 saturated heterocycles. The maximum absolute atomic E-state index is 5.49. The fraction of sp³-hybridized carbons (Fsp3) is 0.571. The van der Waals surface area contributed by atoms with E-state index >= 15 is 0 Å². The molecule has 2 aliphatic heterocycles. The second-order valence-corrected chi connectivity index (χ2v) is 4.87.